The molecule has 2 atom stereocenters. The monoisotopic (exact) mass is 253 g/mol. The van der Waals surface area contributed by atoms with E-state index in [0.29, 0.717) is 5.92 Å². The van der Waals surface area contributed by atoms with Gasteiger partial charge in [-0.05, 0) is 26.4 Å². The van der Waals surface area contributed by atoms with Crippen LogP contribution in [0.15, 0.2) is 12.2 Å². The Morgan fingerprint density at radius 2 is 2.00 bits per heavy atom. The maximum Gasteiger partial charge on any atom is 0.229 e. The van der Waals surface area contributed by atoms with Crippen molar-refractivity contribution in [2.24, 2.45) is 17.6 Å². The van der Waals surface area contributed by atoms with Gasteiger partial charge in [0.2, 0.25) is 5.91 Å². The number of carbonyl (C=O) groups excluding carboxylic acids is 1. The molecule has 1 amide bonds. The predicted octanol–water partition coefficient (Wildman–Crippen LogP) is 0.936. The highest BCUT2D eigenvalue weighted by Gasteiger charge is 2.27. The van der Waals surface area contributed by atoms with Gasteiger partial charge in [-0.3, -0.25) is 4.79 Å². The second kappa shape index (κ2) is 6.90. The lowest BCUT2D eigenvalue weighted by atomic mass is 10.1. The van der Waals surface area contributed by atoms with Crippen LogP contribution in [-0.2, 0) is 4.79 Å². The van der Waals surface area contributed by atoms with Crippen LogP contribution >= 0.6 is 0 Å². The normalized spacial score (nSPS) is 23.1. The van der Waals surface area contributed by atoms with E-state index >= 15 is 0 Å². The number of hydrogen-bond acceptors (Lipinski definition) is 3. The molecular formula is C14H27N3O. The number of rotatable bonds is 6. The summed E-state index contributed by atoms with van der Waals surface area (Å²) >= 11 is 0. The molecule has 0 fully saturated rings. The predicted molar refractivity (Wildman–Crippen MR) is 75.2 cm³/mol. The molecule has 0 radical (unpaired) electrons. The Hall–Kier alpha value is -0.870. The average Bonchev–Trinajstić information content (AvgIpc) is 2.69. The third kappa shape index (κ3) is 4.78. The largest absolute Gasteiger partial charge is 0.341 e. The van der Waals surface area contributed by atoms with Crippen LogP contribution in [0.5, 0.6) is 0 Å². The van der Waals surface area contributed by atoms with Gasteiger partial charge in [0.1, 0.15) is 0 Å². The SMILES string of the molecule is CC(C)CN(CCN(C)C)C(=O)C1C=CC(N)C1. The Bertz CT molecular complexity index is 299. The van der Waals surface area contributed by atoms with E-state index in [1.54, 1.807) is 0 Å². The quantitative estimate of drug-likeness (QED) is 0.717. The van der Waals surface area contributed by atoms with E-state index in [2.05, 4.69) is 18.7 Å². The lowest BCUT2D eigenvalue weighted by Gasteiger charge is -2.28. The number of likely N-dealkylation sites (N-methyl/N-ethyl adjacent to an activating group) is 1. The zero-order valence-electron chi connectivity index (χ0n) is 12.1. The van der Waals surface area contributed by atoms with Gasteiger partial charge in [-0.2, -0.15) is 0 Å². The van der Waals surface area contributed by atoms with Crippen LogP contribution in [0.2, 0.25) is 0 Å². The van der Waals surface area contributed by atoms with Gasteiger partial charge >= 0.3 is 0 Å². The zero-order chi connectivity index (χ0) is 13.7. The standard InChI is InChI=1S/C14H27N3O/c1-11(2)10-17(8-7-16(3)4)14(18)12-5-6-13(15)9-12/h5-6,11-13H,7-10,15H2,1-4H3. The Balaban J connectivity index is 2.58. The van der Waals surface area contributed by atoms with Crippen molar-refractivity contribution in [3.8, 4) is 0 Å². The maximum atomic E-state index is 12.4. The molecule has 0 bridgehead atoms. The van der Waals surface area contributed by atoms with Crippen LogP contribution in [0.3, 0.4) is 0 Å². The molecule has 1 rings (SSSR count). The number of hydrogen-bond donors (Lipinski definition) is 1. The molecular weight excluding hydrogens is 226 g/mol. The van der Waals surface area contributed by atoms with Crippen molar-refractivity contribution >= 4 is 5.91 Å². The Labute approximate surface area is 111 Å². The summed E-state index contributed by atoms with van der Waals surface area (Å²) in [6, 6.07) is 0.0497. The van der Waals surface area contributed by atoms with E-state index in [0.717, 1.165) is 26.1 Å². The minimum absolute atomic E-state index is 0.0130. The smallest absolute Gasteiger partial charge is 0.229 e. The van der Waals surface area contributed by atoms with Gasteiger partial charge < -0.3 is 15.5 Å². The second-order valence-corrected chi connectivity index (χ2v) is 5.87. The van der Waals surface area contributed by atoms with Crippen LogP contribution in [0.1, 0.15) is 20.3 Å². The van der Waals surface area contributed by atoms with Gasteiger partial charge in [-0.15, -0.1) is 0 Å². The van der Waals surface area contributed by atoms with Crippen LogP contribution < -0.4 is 5.73 Å². The first-order valence-corrected chi connectivity index (χ1v) is 6.77. The number of amides is 1. The molecule has 18 heavy (non-hydrogen) atoms. The van der Waals surface area contributed by atoms with E-state index in [4.69, 9.17) is 5.73 Å². The summed E-state index contributed by atoms with van der Waals surface area (Å²) in [7, 11) is 4.06. The van der Waals surface area contributed by atoms with Crippen LogP contribution in [0, 0.1) is 11.8 Å². The summed E-state index contributed by atoms with van der Waals surface area (Å²) in [6.45, 7) is 6.81. The summed E-state index contributed by atoms with van der Waals surface area (Å²) in [5.74, 6) is 0.714. The average molecular weight is 253 g/mol. The molecule has 4 nitrogen and oxygen atoms in total. The van der Waals surface area contributed by atoms with Gasteiger partial charge in [0.05, 0.1) is 5.92 Å². The summed E-state index contributed by atoms with van der Waals surface area (Å²) < 4.78 is 0. The molecule has 1 aliphatic carbocycles. The maximum absolute atomic E-state index is 12.4. The summed E-state index contributed by atoms with van der Waals surface area (Å²) in [5, 5.41) is 0. The van der Waals surface area contributed by atoms with Crippen molar-refractivity contribution in [3.63, 3.8) is 0 Å². The molecule has 0 aliphatic heterocycles. The molecule has 1 aliphatic rings. The molecule has 4 heteroatoms. The van der Waals surface area contributed by atoms with Gasteiger partial charge in [0, 0.05) is 25.7 Å². The first kappa shape index (κ1) is 15.2. The summed E-state index contributed by atoms with van der Waals surface area (Å²) in [5.41, 5.74) is 5.82. The van der Waals surface area contributed by atoms with Crippen LogP contribution in [-0.4, -0.2) is 55.5 Å². The van der Waals surface area contributed by atoms with Crippen molar-refractivity contribution in [2.75, 3.05) is 33.7 Å². The van der Waals surface area contributed by atoms with E-state index < -0.39 is 0 Å². The second-order valence-electron chi connectivity index (χ2n) is 5.87. The minimum atomic E-state index is -0.0130. The lowest BCUT2D eigenvalue weighted by molar-refractivity contribution is -0.134. The van der Waals surface area contributed by atoms with Gasteiger partial charge in [0.25, 0.3) is 0 Å². The third-order valence-corrected chi connectivity index (χ3v) is 3.15. The molecule has 0 heterocycles. The van der Waals surface area contributed by atoms with E-state index in [-0.39, 0.29) is 17.9 Å². The first-order chi connectivity index (χ1) is 8.40. The van der Waals surface area contributed by atoms with Gasteiger partial charge in [-0.1, -0.05) is 26.0 Å². The van der Waals surface area contributed by atoms with Gasteiger partial charge in [-0.25, -0.2) is 0 Å². The fourth-order valence-corrected chi connectivity index (χ4v) is 2.20. The molecule has 0 aromatic heterocycles. The van der Waals surface area contributed by atoms with Crippen molar-refractivity contribution in [2.45, 2.75) is 26.3 Å². The molecule has 2 unspecified atom stereocenters. The van der Waals surface area contributed by atoms with Crippen molar-refractivity contribution in [1.29, 1.82) is 0 Å². The topological polar surface area (TPSA) is 49.6 Å². The molecule has 0 saturated heterocycles. The Kier molecular flexibility index (Phi) is 5.82. The molecule has 0 aromatic carbocycles. The Morgan fingerprint density at radius 1 is 1.33 bits per heavy atom. The zero-order valence-corrected chi connectivity index (χ0v) is 12.1. The fraction of sp³-hybridized carbons (Fsp3) is 0.786. The van der Waals surface area contributed by atoms with Crippen LogP contribution in [0.25, 0.3) is 0 Å². The van der Waals surface area contributed by atoms with E-state index in [9.17, 15) is 4.79 Å². The lowest BCUT2D eigenvalue weighted by Crippen LogP contribution is -2.42. The van der Waals surface area contributed by atoms with E-state index in [1.807, 2.05) is 31.1 Å². The highest BCUT2D eigenvalue weighted by atomic mass is 16.2. The first-order valence-electron chi connectivity index (χ1n) is 6.77. The third-order valence-electron chi connectivity index (χ3n) is 3.15. The summed E-state index contributed by atoms with van der Waals surface area (Å²) in [4.78, 5) is 16.5. The highest BCUT2D eigenvalue weighted by Crippen LogP contribution is 2.19. The Morgan fingerprint density at radius 3 is 2.44 bits per heavy atom. The molecule has 0 saturated carbocycles. The molecule has 0 spiro atoms. The minimum Gasteiger partial charge on any atom is -0.341 e. The number of carbonyl (C=O) groups is 1. The van der Waals surface area contributed by atoms with Gasteiger partial charge in [0.15, 0.2) is 0 Å². The van der Waals surface area contributed by atoms with Crippen molar-refractivity contribution in [3.05, 3.63) is 12.2 Å². The van der Waals surface area contributed by atoms with E-state index in [1.165, 1.54) is 0 Å². The highest BCUT2D eigenvalue weighted by molar-refractivity contribution is 5.81. The van der Waals surface area contributed by atoms with Crippen LogP contribution in [0.4, 0.5) is 0 Å². The summed E-state index contributed by atoms with van der Waals surface area (Å²) in [6.07, 6.45) is 4.67. The van der Waals surface area contributed by atoms with Crippen molar-refractivity contribution in [1.82, 2.24) is 9.80 Å². The number of nitrogens with zero attached hydrogens (tertiary/aromatic N) is 2. The fourth-order valence-electron chi connectivity index (χ4n) is 2.20. The molecule has 104 valence electrons. The number of nitrogens with two attached hydrogens (primary N) is 1. The van der Waals surface area contributed by atoms with Crippen molar-refractivity contribution < 1.29 is 4.79 Å². The molecule has 0 aromatic rings. The molecule has 2 N–H and O–H groups in total.